The average Bonchev–Trinajstić information content (AvgIpc) is 3.16. The molecule has 2 N–H and O–H groups in total. The molecule has 1 amide bonds. The molecule has 1 aromatic heterocycles. The van der Waals surface area contributed by atoms with E-state index in [4.69, 9.17) is 15.0 Å². The first-order valence-corrected chi connectivity index (χ1v) is 11.4. The number of nitriles is 1. The third-order valence-corrected chi connectivity index (χ3v) is 5.68. The highest BCUT2D eigenvalue weighted by molar-refractivity contribution is 6.07. The standard InChI is InChI=1S/C27H24N6O3/c1-36-26-24(27(34)32-33-35)22-17-29-15-4-5-23(22)31-25(26)20-8-6-18(7-9-20)19-10-12-21(13-11-19)30-16-3-2-14-28/h4-13,17,30H,2-3,15-16H2,1H3,(H,32,34,35). The van der Waals surface area contributed by atoms with E-state index < -0.39 is 5.91 Å². The summed E-state index contributed by atoms with van der Waals surface area (Å²) in [4.78, 5) is 32.5. The van der Waals surface area contributed by atoms with Crippen molar-refractivity contribution >= 4 is 23.9 Å². The summed E-state index contributed by atoms with van der Waals surface area (Å²) in [6.45, 7) is 1.20. The number of amides is 1. The fraction of sp³-hybridized carbons (Fsp3) is 0.185. The highest BCUT2D eigenvalue weighted by Crippen LogP contribution is 2.36. The molecule has 0 bridgehead atoms. The predicted octanol–water partition coefficient (Wildman–Crippen LogP) is 5.00. The zero-order valence-corrected chi connectivity index (χ0v) is 19.7. The molecule has 0 saturated carbocycles. The number of fused-ring (bicyclic) bond motifs is 1. The van der Waals surface area contributed by atoms with Gasteiger partial charge in [-0.15, -0.1) is 4.91 Å². The SMILES string of the molecule is COc1c(-c2ccc(-c3ccc(NCCCC#N)cc3)cc2)nc2c(c1C(=O)NN=O)C=NCC=C2. The van der Waals surface area contributed by atoms with Gasteiger partial charge in [-0.25, -0.2) is 10.4 Å². The van der Waals surface area contributed by atoms with Crippen molar-refractivity contribution in [1.29, 1.82) is 5.26 Å². The van der Waals surface area contributed by atoms with Crippen molar-refractivity contribution in [3.63, 3.8) is 0 Å². The van der Waals surface area contributed by atoms with Crippen LogP contribution in [0.4, 0.5) is 5.69 Å². The molecule has 0 atom stereocenters. The van der Waals surface area contributed by atoms with Crippen LogP contribution in [0, 0.1) is 16.2 Å². The molecule has 0 spiro atoms. The lowest BCUT2D eigenvalue weighted by molar-refractivity contribution is 0.0951. The summed E-state index contributed by atoms with van der Waals surface area (Å²) in [7, 11) is 1.45. The Morgan fingerprint density at radius 2 is 1.81 bits per heavy atom. The maximum atomic E-state index is 12.7. The first-order chi connectivity index (χ1) is 17.7. The minimum atomic E-state index is -0.693. The molecule has 9 heteroatoms. The van der Waals surface area contributed by atoms with Crippen molar-refractivity contribution < 1.29 is 9.53 Å². The Kier molecular flexibility index (Phi) is 7.78. The lowest BCUT2D eigenvalue weighted by Crippen LogP contribution is -2.21. The van der Waals surface area contributed by atoms with Crippen molar-refractivity contribution in [2.45, 2.75) is 12.8 Å². The van der Waals surface area contributed by atoms with Crippen LogP contribution in [0.5, 0.6) is 5.75 Å². The van der Waals surface area contributed by atoms with E-state index >= 15 is 0 Å². The van der Waals surface area contributed by atoms with Crippen LogP contribution in [0.25, 0.3) is 28.5 Å². The number of unbranched alkanes of at least 4 members (excludes halogenated alkanes) is 1. The molecule has 0 fully saturated rings. The molecular weight excluding hydrogens is 456 g/mol. The Balaban J connectivity index is 1.66. The summed E-state index contributed by atoms with van der Waals surface area (Å²) in [5.74, 6) is -0.460. The number of aliphatic imine (C=N–C) groups is 1. The van der Waals surface area contributed by atoms with E-state index in [1.807, 2.05) is 60.0 Å². The smallest absolute Gasteiger partial charge is 0.278 e. The highest BCUT2D eigenvalue weighted by Gasteiger charge is 2.25. The fourth-order valence-corrected chi connectivity index (χ4v) is 3.95. The number of pyridine rings is 1. The number of aromatic nitrogens is 1. The fourth-order valence-electron chi connectivity index (χ4n) is 3.95. The van der Waals surface area contributed by atoms with Crippen LogP contribution in [0.1, 0.15) is 34.5 Å². The van der Waals surface area contributed by atoms with E-state index in [0.29, 0.717) is 29.9 Å². The molecule has 9 nitrogen and oxygen atoms in total. The van der Waals surface area contributed by atoms with Crippen molar-refractivity contribution in [1.82, 2.24) is 10.4 Å². The van der Waals surface area contributed by atoms with Gasteiger partial charge in [0.2, 0.25) is 0 Å². The Morgan fingerprint density at radius 3 is 2.47 bits per heavy atom. The van der Waals surface area contributed by atoms with Crippen LogP contribution in [-0.4, -0.2) is 37.3 Å². The quantitative estimate of drug-likeness (QED) is 0.252. The van der Waals surface area contributed by atoms with Gasteiger partial charge >= 0.3 is 0 Å². The number of carbonyl (C=O) groups is 1. The number of ether oxygens (including phenoxy) is 1. The van der Waals surface area contributed by atoms with Gasteiger partial charge < -0.3 is 10.1 Å². The molecule has 2 heterocycles. The molecule has 4 rings (SSSR count). The number of benzene rings is 2. The van der Waals surface area contributed by atoms with Gasteiger partial charge in [0.25, 0.3) is 5.91 Å². The number of anilines is 1. The van der Waals surface area contributed by atoms with Crippen molar-refractivity contribution in [3.05, 3.63) is 76.3 Å². The predicted molar refractivity (Wildman–Crippen MR) is 140 cm³/mol. The van der Waals surface area contributed by atoms with Gasteiger partial charge in [0.15, 0.2) is 5.75 Å². The highest BCUT2D eigenvalue weighted by atomic mass is 16.5. The molecule has 1 aliphatic heterocycles. The van der Waals surface area contributed by atoms with E-state index in [-0.39, 0.29) is 11.3 Å². The lowest BCUT2D eigenvalue weighted by Gasteiger charge is -2.16. The number of nitrogens with one attached hydrogen (secondary N) is 2. The molecule has 3 aromatic rings. The van der Waals surface area contributed by atoms with Gasteiger partial charge in [0.05, 0.1) is 36.3 Å². The van der Waals surface area contributed by atoms with Crippen LogP contribution in [-0.2, 0) is 0 Å². The summed E-state index contributed by atoms with van der Waals surface area (Å²) in [5, 5.41) is 14.5. The van der Waals surface area contributed by atoms with E-state index in [1.54, 1.807) is 12.3 Å². The van der Waals surface area contributed by atoms with E-state index in [2.05, 4.69) is 21.7 Å². The molecular formula is C27H24N6O3. The normalized spacial score (nSPS) is 11.7. The van der Waals surface area contributed by atoms with E-state index in [9.17, 15) is 9.70 Å². The van der Waals surface area contributed by atoms with Gasteiger partial charge in [0.1, 0.15) is 5.69 Å². The molecule has 0 radical (unpaired) electrons. The van der Waals surface area contributed by atoms with Crippen LogP contribution in [0.2, 0.25) is 0 Å². The molecule has 36 heavy (non-hydrogen) atoms. The number of methoxy groups -OCH3 is 1. The maximum Gasteiger partial charge on any atom is 0.278 e. The first-order valence-electron chi connectivity index (χ1n) is 11.4. The largest absolute Gasteiger partial charge is 0.494 e. The Morgan fingerprint density at radius 1 is 1.11 bits per heavy atom. The van der Waals surface area contributed by atoms with Crippen LogP contribution in [0.15, 0.2) is 64.9 Å². The minimum absolute atomic E-state index is 0.148. The van der Waals surface area contributed by atoms with Crippen molar-refractivity contribution in [2.24, 2.45) is 10.3 Å². The number of nitrogens with zero attached hydrogens (tertiary/aromatic N) is 4. The molecule has 0 saturated heterocycles. The number of hydrogen-bond donors (Lipinski definition) is 2. The zero-order chi connectivity index (χ0) is 25.3. The summed E-state index contributed by atoms with van der Waals surface area (Å²) < 4.78 is 5.60. The second-order valence-corrected chi connectivity index (χ2v) is 7.94. The van der Waals surface area contributed by atoms with Crippen molar-refractivity contribution in [2.75, 3.05) is 25.5 Å². The Bertz CT molecular complexity index is 1360. The summed E-state index contributed by atoms with van der Waals surface area (Å²) in [6.07, 6.45) is 6.53. The van der Waals surface area contributed by atoms with Gasteiger partial charge in [0, 0.05) is 36.0 Å². The number of carbonyl (C=O) groups excluding carboxylic acids is 1. The van der Waals surface area contributed by atoms with Crippen LogP contribution < -0.4 is 15.5 Å². The maximum absolute atomic E-state index is 12.7. The van der Waals surface area contributed by atoms with E-state index in [1.165, 1.54) is 7.11 Å². The van der Waals surface area contributed by atoms with Crippen LogP contribution >= 0.6 is 0 Å². The van der Waals surface area contributed by atoms with Gasteiger partial charge in [-0.1, -0.05) is 42.5 Å². The van der Waals surface area contributed by atoms with E-state index in [0.717, 1.165) is 35.3 Å². The molecule has 180 valence electrons. The van der Waals surface area contributed by atoms with Crippen molar-refractivity contribution in [3.8, 4) is 34.2 Å². The second kappa shape index (κ2) is 11.5. The Hall–Kier alpha value is -4.84. The monoisotopic (exact) mass is 480 g/mol. The van der Waals surface area contributed by atoms with Gasteiger partial charge in [-0.3, -0.25) is 9.79 Å². The molecule has 0 aliphatic carbocycles. The molecule has 2 aromatic carbocycles. The summed E-state index contributed by atoms with van der Waals surface area (Å²) in [5.41, 5.74) is 7.38. The second-order valence-electron chi connectivity index (χ2n) is 7.94. The topological polar surface area (TPSA) is 129 Å². The molecule has 0 unspecified atom stereocenters. The Labute approximate surface area is 208 Å². The number of hydrogen-bond acceptors (Lipinski definition) is 8. The number of rotatable bonds is 9. The third-order valence-electron chi connectivity index (χ3n) is 5.68. The average molecular weight is 481 g/mol. The number of nitroso groups, excluding NO2 is 1. The lowest BCUT2D eigenvalue weighted by atomic mass is 9.98. The zero-order valence-electron chi connectivity index (χ0n) is 19.7. The summed E-state index contributed by atoms with van der Waals surface area (Å²) >= 11 is 0. The third kappa shape index (κ3) is 5.28. The molecule has 1 aliphatic rings. The summed E-state index contributed by atoms with van der Waals surface area (Å²) in [6, 6.07) is 18.0. The first kappa shape index (κ1) is 24.3. The van der Waals surface area contributed by atoms with Gasteiger partial charge in [-0.05, 0) is 35.8 Å². The van der Waals surface area contributed by atoms with Gasteiger partial charge in [-0.2, -0.15) is 5.26 Å². The minimum Gasteiger partial charge on any atom is -0.494 e. The van der Waals surface area contributed by atoms with Crippen LogP contribution in [0.3, 0.4) is 0 Å².